The molecular weight excluding hydrogens is 404 g/mol. The topological polar surface area (TPSA) is 125 Å². The zero-order valence-corrected chi connectivity index (χ0v) is 17.1. The molecule has 2 aromatic rings. The molecular formula is C17H21ClN6O3S. The van der Waals surface area contributed by atoms with E-state index in [1.165, 1.54) is 8.99 Å². The van der Waals surface area contributed by atoms with Crippen LogP contribution in [0.25, 0.3) is 0 Å². The Hall–Kier alpha value is -2.43. The van der Waals surface area contributed by atoms with Gasteiger partial charge in [-0.2, -0.15) is 9.40 Å². The van der Waals surface area contributed by atoms with Crippen LogP contribution in [0, 0.1) is 12.3 Å². The summed E-state index contributed by atoms with van der Waals surface area (Å²) in [6, 6.07) is 6.45. The molecule has 0 atom stereocenters. The highest BCUT2D eigenvalue weighted by atomic mass is 35.5. The highest BCUT2D eigenvalue weighted by molar-refractivity contribution is 7.89. The number of hydrogen-bond acceptors (Lipinski definition) is 5. The van der Waals surface area contributed by atoms with Crippen molar-refractivity contribution in [3.8, 4) is 0 Å². The molecule has 1 aliphatic rings. The number of aromatic nitrogens is 2. The summed E-state index contributed by atoms with van der Waals surface area (Å²) in [5, 5.41) is 11.5. The van der Waals surface area contributed by atoms with Crippen molar-refractivity contribution in [1.29, 1.82) is 5.41 Å². The van der Waals surface area contributed by atoms with Crippen LogP contribution in [0.5, 0.6) is 0 Å². The molecule has 0 radical (unpaired) electrons. The minimum Gasteiger partial charge on any atom is -0.384 e. The number of benzene rings is 1. The molecule has 2 heterocycles. The lowest BCUT2D eigenvalue weighted by atomic mass is 10.1. The highest BCUT2D eigenvalue weighted by Gasteiger charge is 2.34. The van der Waals surface area contributed by atoms with E-state index in [1.54, 1.807) is 43.1 Å². The van der Waals surface area contributed by atoms with E-state index in [0.717, 1.165) is 0 Å². The summed E-state index contributed by atoms with van der Waals surface area (Å²) in [4.78, 5) is 14.3. The maximum absolute atomic E-state index is 12.9. The van der Waals surface area contributed by atoms with Gasteiger partial charge in [-0.3, -0.25) is 14.9 Å². The molecule has 11 heteroatoms. The fourth-order valence-electron chi connectivity index (χ4n) is 3.14. The first-order valence-corrected chi connectivity index (χ1v) is 10.4. The molecule has 0 saturated carbocycles. The first-order chi connectivity index (χ1) is 13.1. The minimum absolute atomic E-state index is 0.0104. The third-order valence-electron chi connectivity index (χ3n) is 4.67. The zero-order valence-electron chi connectivity index (χ0n) is 15.5. The molecule has 0 spiro atoms. The average molecular weight is 425 g/mol. The van der Waals surface area contributed by atoms with Crippen LogP contribution < -0.4 is 5.73 Å². The second kappa shape index (κ2) is 7.53. The first-order valence-electron chi connectivity index (χ1n) is 8.56. The quantitative estimate of drug-likeness (QED) is 0.555. The van der Waals surface area contributed by atoms with Crippen molar-refractivity contribution in [2.75, 3.05) is 26.2 Å². The smallest absolute Gasteiger partial charge is 0.253 e. The third kappa shape index (κ3) is 3.62. The molecule has 0 unspecified atom stereocenters. The highest BCUT2D eigenvalue weighted by Crippen LogP contribution is 2.28. The van der Waals surface area contributed by atoms with Crippen molar-refractivity contribution in [2.45, 2.75) is 11.8 Å². The van der Waals surface area contributed by atoms with Crippen molar-refractivity contribution < 1.29 is 13.2 Å². The van der Waals surface area contributed by atoms with E-state index in [9.17, 15) is 13.2 Å². The average Bonchev–Trinajstić information content (AvgIpc) is 2.93. The fourth-order valence-corrected chi connectivity index (χ4v) is 5.27. The predicted molar refractivity (Wildman–Crippen MR) is 105 cm³/mol. The van der Waals surface area contributed by atoms with Crippen LogP contribution in [0.15, 0.2) is 29.2 Å². The van der Waals surface area contributed by atoms with Crippen molar-refractivity contribution in [3.63, 3.8) is 0 Å². The van der Waals surface area contributed by atoms with Crippen LogP contribution in [0.1, 0.15) is 21.6 Å². The number of nitrogens with two attached hydrogens (primary N) is 1. The van der Waals surface area contributed by atoms with Crippen molar-refractivity contribution >= 4 is 33.4 Å². The molecule has 28 heavy (non-hydrogen) atoms. The second-order valence-corrected chi connectivity index (χ2v) is 8.75. The Bertz CT molecular complexity index is 1020. The maximum atomic E-state index is 12.9. The van der Waals surface area contributed by atoms with E-state index in [-0.39, 0.29) is 48.0 Å². The molecule has 1 aromatic carbocycles. The van der Waals surface area contributed by atoms with E-state index in [2.05, 4.69) is 5.10 Å². The lowest BCUT2D eigenvalue weighted by Gasteiger charge is -2.34. The summed E-state index contributed by atoms with van der Waals surface area (Å²) in [6.07, 6.45) is 0. The van der Waals surface area contributed by atoms with E-state index >= 15 is 0 Å². The molecule has 0 aliphatic carbocycles. The summed E-state index contributed by atoms with van der Waals surface area (Å²) >= 11 is 6.12. The van der Waals surface area contributed by atoms with Crippen LogP contribution in [0.2, 0.25) is 5.15 Å². The largest absolute Gasteiger partial charge is 0.384 e. The van der Waals surface area contributed by atoms with Gasteiger partial charge < -0.3 is 10.6 Å². The second-order valence-electron chi connectivity index (χ2n) is 6.52. The van der Waals surface area contributed by atoms with Crippen molar-refractivity contribution in [1.82, 2.24) is 19.0 Å². The number of aryl methyl sites for hydroxylation is 2. The number of piperazine rings is 1. The Morgan fingerprint density at radius 3 is 2.14 bits per heavy atom. The standard InChI is InChI=1S/C17H21ClN6O3S/c1-11-14(15(18)22(2)21-11)28(26,27)24-9-7-23(8-10-24)17(25)13-5-3-12(4-6-13)16(19)20/h3-6H,7-10H2,1-2H3,(H3,19,20). The van der Waals surface area contributed by atoms with E-state index in [0.29, 0.717) is 16.8 Å². The Morgan fingerprint density at radius 1 is 1.14 bits per heavy atom. The molecule has 9 nitrogen and oxygen atoms in total. The van der Waals surface area contributed by atoms with Crippen LogP contribution in [-0.2, 0) is 17.1 Å². The first kappa shape index (κ1) is 20.3. The van der Waals surface area contributed by atoms with Crippen LogP contribution in [0.3, 0.4) is 0 Å². The molecule has 1 amide bonds. The SMILES string of the molecule is Cc1nn(C)c(Cl)c1S(=O)(=O)N1CCN(C(=O)c2ccc(C(=N)N)cc2)CC1. The number of sulfonamides is 1. The van der Waals surface area contributed by atoms with Gasteiger partial charge >= 0.3 is 0 Å². The lowest BCUT2D eigenvalue weighted by Crippen LogP contribution is -2.50. The van der Waals surface area contributed by atoms with Gasteiger partial charge in [-0.25, -0.2) is 8.42 Å². The van der Waals surface area contributed by atoms with E-state index in [1.807, 2.05) is 0 Å². The summed E-state index contributed by atoms with van der Waals surface area (Å²) in [5.74, 6) is -0.259. The van der Waals surface area contributed by atoms with Gasteiger partial charge in [0.1, 0.15) is 15.9 Å². The fraction of sp³-hybridized carbons (Fsp3) is 0.353. The minimum atomic E-state index is -3.79. The summed E-state index contributed by atoms with van der Waals surface area (Å²) < 4.78 is 28.5. The molecule has 1 aromatic heterocycles. The molecule has 1 saturated heterocycles. The number of nitrogens with one attached hydrogen (secondary N) is 1. The van der Waals surface area contributed by atoms with Gasteiger partial charge in [-0.15, -0.1) is 0 Å². The van der Waals surface area contributed by atoms with Gasteiger partial charge in [0.25, 0.3) is 5.91 Å². The molecule has 3 rings (SSSR count). The Kier molecular flexibility index (Phi) is 5.46. The Labute approximate surface area is 168 Å². The summed E-state index contributed by atoms with van der Waals surface area (Å²) in [5.41, 5.74) is 6.77. The third-order valence-corrected chi connectivity index (χ3v) is 7.26. The normalized spacial score (nSPS) is 15.6. The van der Waals surface area contributed by atoms with Gasteiger partial charge in [0, 0.05) is 44.4 Å². The van der Waals surface area contributed by atoms with Gasteiger partial charge in [-0.05, 0) is 19.1 Å². The zero-order chi connectivity index (χ0) is 20.6. The van der Waals surface area contributed by atoms with Crippen LogP contribution in [0.4, 0.5) is 0 Å². The Morgan fingerprint density at radius 2 is 1.68 bits per heavy atom. The number of carbonyl (C=O) groups is 1. The van der Waals surface area contributed by atoms with Crippen LogP contribution in [-0.4, -0.2) is 65.3 Å². The number of amides is 1. The van der Waals surface area contributed by atoms with E-state index in [4.69, 9.17) is 22.7 Å². The number of amidine groups is 1. The monoisotopic (exact) mass is 424 g/mol. The molecule has 1 aliphatic heterocycles. The lowest BCUT2D eigenvalue weighted by molar-refractivity contribution is 0.0698. The van der Waals surface area contributed by atoms with Crippen molar-refractivity contribution in [2.24, 2.45) is 12.8 Å². The number of halogens is 1. The summed E-state index contributed by atoms with van der Waals surface area (Å²) in [7, 11) is -2.20. The van der Waals surface area contributed by atoms with E-state index < -0.39 is 10.0 Å². The molecule has 150 valence electrons. The van der Waals surface area contributed by atoms with Gasteiger partial charge in [-0.1, -0.05) is 23.7 Å². The van der Waals surface area contributed by atoms with Gasteiger partial charge in [0.15, 0.2) is 0 Å². The molecule has 3 N–H and O–H groups in total. The van der Waals surface area contributed by atoms with Gasteiger partial charge in [0.05, 0.1) is 5.69 Å². The maximum Gasteiger partial charge on any atom is 0.253 e. The number of nitrogen functional groups attached to an aromatic ring is 1. The summed E-state index contributed by atoms with van der Waals surface area (Å²) in [6.45, 7) is 2.48. The Balaban J connectivity index is 1.71. The molecule has 0 bridgehead atoms. The van der Waals surface area contributed by atoms with Crippen LogP contribution >= 0.6 is 11.6 Å². The van der Waals surface area contributed by atoms with Crippen molar-refractivity contribution in [3.05, 3.63) is 46.2 Å². The number of nitrogens with zero attached hydrogens (tertiary/aromatic N) is 4. The van der Waals surface area contributed by atoms with Gasteiger partial charge in [0.2, 0.25) is 10.0 Å². The molecule has 1 fully saturated rings. The number of carbonyl (C=O) groups excluding carboxylic acids is 1. The number of rotatable bonds is 4. The number of hydrogen-bond donors (Lipinski definition) is 2. The predicted octanol–water partition coefficient (Wildman–Crippen LogP) is 0.813.